The van der Waals surface area contributed by atoms with Crippen LogP contribution in [0.2, 0.25) is 5.02 Å². The molecule has 0 saturated heterocycles. The number of phosphoric acid groups is 1. The van der Waals surface area contributed by atoms with Gasteiger partial charge in [-0.1, -0.05) is 35.9 Å². The Morgan fingerprint density at radius 1 is 1.10 bits per heavy atom. The highest BCUT2D eigenvalue weighted by molar-refractivity contribution is 7.46. The number of phosphoric ester groups is 1. The Hall–Kier alpha value is -1.52. The Morgan fingerprint density at radius 2 is 1.80 bits per heavy atom. The molecule has 2 aromatic carbocycles. The van der Waals surface area contributed by atoms with E-state index in [1.807, 2.05) is 30.3 Å². The van der Waals surface area contributed by atoms with Crippen LogP contribution in [0.1, 0.15) is 5.56 Å². The molecule has 2 N–H and O–H groups in total. The number of benzene rings is 2. The predicted molar refractivity (Wildman–Crippen MR) is 74.9 cm³/mol. The van der Waals surface area contributed by atoms with Crippen LogP contribution in [0.3, 0.4) is 0 Å². The Bertz CT molecular complexity index is 626. The van der Waals surface area contributed by atoms with Gasteiger partial charge in [-0.25, -0.2) is 4.57 Å². The van der Waals surface area contributed by atoms with Gasteiger partial charge in [0.2, 0.25) is 0 Å². The van der Waals surface area contributed by atoms with Gasteiger partial charge in [0.15, 0.2) is 5.75 Å². The van der Waals surface area contributed by atoms with E-state index in [1.165, 1.54) is 12.1 Å². The van der Waals surface area contributed by atoms with Gasteiger partial charge >= 0.3 is 7.82 Å². The second-order valence-corrected chi connectivity index (χ2v) is 5.52. The maximum Gasteiger partial charge on any atom is 0.524 e. The van der Waals surface area contributed by atoms with Gasteiger partial charge in [-0.3, -0.25) is 9.79 Å². The fourth-order valence-electron chi connectivity index (χ4n) is 1.52. The second kappa shape index (κ2) is 6.29. The van der Waals surface area contributed by atoms with Gasteiger partial charge < -0.3 is 9.26 Å². The molecule has 20 heavy (non-hydrogen) atoms. The van der Waals surface area contributed by atoms with Crippen molar-refractivity contribution >= 4 is 19.4 Å². The molecule has 2 rings (SSSR count). The maximum atomic E-state index is 10.8. The van der Waals surface area contributed by atoms with Crippen molar-refractivity contribution in [1.29, 1.82) is 0 Å². The number of ether oxygens (including phenoxy) is 1. The van der Waals surface area contributed by atoms with Gasteiger partial charge in [0.1, 0.15) is 12.4 Å². The minimum absolute atomic E-state index is 0.0749. The van der Waals surface area contributed by atoms with Crippen LogP contribution in [-0.2, 0) is 11.2 Å². The largest absolute Gasteiger partial charge is 0.524 e. The highest BCUT2D eigenvalue weighted by Crippen LogP contribution is 2.41. The maximum absolute atomic E-state index is 10.8. The molecule has 0 atom stereocenters. The number of rotatable bonds is 5. The van der Waals surface area contributed by atoms with Crippen LogP contribution in [0.25, 0.3) is 0 Å². The van der Waals surface area contributed by atoms with Crippen LogP contribution in [0, 0.1) is 0 Å². The lowest BCUT2D eigenvalue weighted by atomic mass is 10.2. The summed E-state index contributed by atoms with van der Waals surface area (Å²) in [6.45, 7) is 0.235. The van der Waals surface area contributed by atoms with E-state index in [0.29, 0.717) is 11.3 Å². The van der Waals surface area contributed by atoms with Crippen LogP contribution >= 0.6 is 19.4 Å². The van der Waals surface area contributed by atoms with E-state index in [-0.39, 0.29) is 17.4 Å². The van der Waals surface area contributed by atoms with Gasteiger partial charge in [0.05, 0.1) is 5.02 Å². The molecule has 0 aliphatic carbocycles. The zero-order chi connectivity index (χ0) is 14.6. The van der Waals surface area contributed by atoms with Crippen molar-refractivity contribution in [2.75, 3.05) is 0 Å². The normalized spacial score (nSPS) is 11.2. The highest BCUT2D eigenvalue weighted by Gasteiger charge is 2.18. The lowest BCUT2D eigenvalue weighted by Gasteiger charge is -2.11. The summed E-state index contributed by atoms with van der Waals surface area (Å²) in [6.07, 6.45) is 0. The van der Waals surface area contributed by atoms with Crippen LogP contribution in [0.4, 0.5) is 0 Å². The molecule has 0 fully saturated rings. The summed E-state index contributed by atoms with van der Waals surface area (Å²) in [7, 11) is -4.64. The third kappa shape index (κ3) is 4.54. The summed E-state index contributed by atoms with van der Waals surface area (Å²) in [5.74, 6) is 0.620. The van der Waals surface area contributed by atoms with E-state index >= 15 is 0 Å². The van der Waals surface area contributed by atoms with Gasteiger partial charge in [-0.05, 0) is 29.8 Å². The number of hydrogen-bond acceptors (Lipinski definition) is 3. The smallest absolute Gasteiger partial charge is 0.489 e. The summed E-state index contributed by atoms with van der Waals surface area (Å²) in [4.78, 5) is 17.6. The van der Waals surface area contributed by atoms with Crippen LogP contribution < -0.4 is 9.26 Å². The minimum atomic E-state index is -4.64. The molecule has 0 bridgehead atoms. The van der Waals surface area contributed by atoms with Crippen molar-refractivity contribution in [1.82, 2.24) is 0 Å². The molecule has 0 heterocycles. The molecule has 2 aromatic rings. The third-order valence-corrected chi connectivity index (χ3v) is 3.11. The standard InChI is InChI=1S/C13H12ClO5P/c14-12-7-6-10(8-13(12)19-20(15,16)17)9-18-11-4-2-1-3-5-11/h1-8H,9H2,(H2,15,16,17). The van der Waals surface area contributed by atoms with Crippen molar-refractivity contribution in [2.24, 2.45) is 0 Å². The zero-order valence-corrected chi connectivity index (χ0v) is 11.9. The Balaban J connectivity index is 2.09. The van der Waals surface area contributed by atoms with Gasteiger partial charge in [-0.2, -0.15) is 0 Å². The van der Waals surface area contributed by atoms with Crippen molar-refractivity contribution in [3.05, 3.63) is 59.1 Å². The third-order valence-electron chi connectivity index (χ3n) is 2.36. The van der Waals surface area contributed by atoms with Crippen LogP contribution in [0.5, 0.6) is 11.5 Å². The quantitative estimate of drug-likeness (QED) is 0.827. The molecule has 0 spiro atoms. The SMILES string of the molecule is O=P(O)(O)Oc1cc(COc2ccccc2)ccc1Cl. The topological polar surface area (TPSA) is 76.0 Å². The molecule has 106 valence electrons. The van der Waals surface area contributed by atoms with E-state index in [2.05, 4.69) is 4.52 Å². The molecule has 0 aromatic heterocycles. The van der Waals surface area contributed by atoms with Crippen LogP contribution in [-0.4, -0.2) is 9.79 Å². The molecule has 0 amide bonds. The summed E-state index contributed by atoms with van der Waals surface area (Å²) < 4.78 is 20.9. The van der Waals surface area contributed by atoms with Crippen molar-refractivity contribution < 1.29 is 23.6 Å². The lowest BCUT2D eigenvalue weighted by Crippen LogP contribution is -1.97. The minimum Gasteiger partial charge on any atom is -0.489 e. The predicted octanol–water partition coefficient (Wildman–Crippen LogP) is 3.39. The first-order chi connectivity index (χ1) is 9.44. The Kier molecular flexibility index (Phi) is 4.68. The average Bonchev–Trinajstić information content (AvgIpc) is 2.39. The first kappa shape index (κ1) is 14.9. The molecular weight excluding hydrogens is 303 g/mol. The van der Waals surface area contributed by atoms with Gasteiger partial charge in [-0.15, -0.1) is 0 Å². The molecule has 0 radical (unpaired) electrons. The first-order valence-electron chi connectivity index (χ1n) is 5.65. The van der Waals surface area contributed by atoms with Crippen molar-refractivity contribution in [2.45, 2.75) is 6.61 Å². The van der Waals surface area contributed by atoms with E-state index in [4.69, 9.17) is 26.1 Å². The zero-order valence-electron chi connectivity index (χ0n) is 10.3. The van der Waals surface area contributed by atoms with Gasteiger partial charge in [0.25, 0.3) is 0 Å². The number of hydrogen-bond donors (Lipinski definition) is 2. The van der Waals surface area contributed by atoms with Crippen LogP contribution in [0.15, 0.2) is 48.5 Å². The van der Waals surface area contributed by atoms with E-state index in [1.54, 1.807) is 6.07 Å². The molecule has 5 nitrogen and oxygen atoms in total. The molecule has 7 heteroatoms. The van der Waals surface area contributed by atoms with E-state index < -0.39 is 7.82 Å². The fraction of sp³-hybridized carbons (Fsp3) is 0.0769. The summed E-state index contributed by atoms with van der Waals surface area (Å²) in [5.41, 5.74) is 0.682. The lowest BCUT2D eigenvalue weighted by molar-refractivity contribution is 0.282. The Labute approximate surface area is 121 Å². The first-order valence-corrected chi connectivity index (χ1v) is 7.56. The Morgan fingerprint density at radius 3 is 2.45 bits per heavy atom. The molecular formula is C13H12ClO5P. The molecule has 0 aliphatic heterocycles. The summed E-state index contributed by atoms with van der Waals surface area (Å²) in [6, 6.07) is 13.8. The number of halogens is 1. The number of para-hydroxylation sites is 1. The van der Waals surface area contributed by atoms with E-state index in [0.717, 1.165) is 0 Å². The van der Waals surface area contributed by atoms with Crippen molar-refractivity contribution in [3.63, 3.8) is 0 Å². The van der Waals surface area contributed by atoms with E-state index in [9.17, 15) is 4.57 Å². The monoisotopic (exact) mass is 314 g/mol. The summed E-state index contributed by atoms with van der Waals surface area (Å²) >= 11 is 5.81. The van der Waals surface area contributed by atoms with Crippen molar-refractivity contribution in [3.8, 4) is 11.5 Å². The highest BCUT2D eigenvalue weighted by atomic mass is 35.5. The fourth-order valence-corrected chi connectivity index (χ4v) is 2.14. The molecule has 0 unspecified atom stereocenters. The molecule has 0 aliphatic rings. The summed E-state index contributed by atoms with van der Waals surface area (Å²) in [5, 5.41) is 0.122. The average molecular weight is 315 g/mol. The molecule has 0 saturated carbocycles. The van der Waals surface area contributed by atoms with Gasteiger partial charge in [0, 0.05) is 0 Å². The second-order valence-electron chi connectivity index (χ2n) is 3.95.